The first kappa shape index (κ1) is 16.0. The SMILES string of the molecule is C=C(C)C(=O)Oc1ccc(OC(=O)C(C)(C)CC)cc1. The Labute approximate surface area is 119 Å². The van der Waals surface area contributed by atoms with E-state index >= 15 is 0 Å². The van der Waals surface area contributed by atoms with E-state index in [1.165, 1.54) is 0 Å². The van der Waals surface area contributed by atoms with Gasteiger partial charge in [0.15, 0.2) is 0 Å². The van der Waals surface area contributed by atoms with Crippen molar-refractivity contribution < 1.29 is 19.1 Å². The second kappa shape index (κ2) is 6.37. The number of carbonyl (C=O) groups is 2. The van der Waals surface area contributed by atoms with E-state index in [9.17, 15) is 9.59 Å². The lowest BCUT2D eigenvalue weighted by molar-refractivity contribution is -0.144. The average molecular weight is 276 g/mol. The molecule has 4 heteroatoms. The summed E-state index contributed by atoms with van der Waals surface area (Å²) in [5, 5.41) is 0. The van der Waals surface area contributed by atoms with Crippen LogP contribution >= 0.6 is 0 Å². The summed E-state index contributed by atoms with van der Waals surface area (Å²) < 4.78 is 10.3. The van der Waals surface area contributed by atoms with Gasteiger partial charge in [0.05, 0.1) is 5.41 Å². The van der Waals surface area contributed by atoms with Crippen LogP contribution in [-0.4, -0.2) is 11.9 Å². The van der Waals surface area contributed by atoms with Crippen LogP contribution in [0.2, 0.25) is 0 Å². The Hall–Kier alpha value is -2.10. The smallest absolute Gasteiger partial charge is 0.338 e. The van der Waals surface area contributed by atoms with Crippen molar-refractivity contribution in [3.63, 3.8) is 0 Å². The van der Waals surface area contributed by atoms with Crippen LogP contribution < -0.4 is 9.47 Å². The maximum Gasteiger partial charge on any atom is 0.338 e. The third-order valence-electron chi connectivity index (χ3n) is 3.03. The fourth-order valence-corrected chi connectivity index (χ4v) is 1.16. The lowest BCUT2D eigenvalue weighted by atomic mass is 9.91. The molecule has 0 aliphatic carbocycles. The third kappa shape index (κ3) is 4.23. The minimum absolute atomic E-state index is 0.285. The van der Waals surface area contributed by atoms with Gasteiger partial charge in [-0.15, -0.1) is 0 Å². The van der Waals surface area contributed by atoms with Crippen molar-refractivity contribution in [2.45, 2.75) is 34.1 Å². The minimum Gasteiger partial charge on any atom is -0.426 e. The van der Waals surface area contributed by atoms with Gasteiger partial charge in [-0.1, -0.05) is 13.5 Å². The predicted molar refractivity (Wildman–Crippen MR) is 76.6 cm³/mol. The fourth-order valence-electron chi connectivity index (χ4n) is 1.16. The van der Waals surface area contributed by atoms with Crippen LogP contribution in [0.1, 0.15) is 34.1 Å². The summed E-state index contributed by atoms with van der Waals surface area (Å²) in [7, 11) is 0. The molecule has 0 atom stereocenters. The van der Waals surface area contributed by atoms with Crippen LogP contribution in [0, 0.1) is 5.41 Å². The van der Waals surface area contributed by atoms with Gasteiger partial charge in [-0.2, -0.15) is 0 Å². The van der Waals surface area contributed by atoms with E-state index in [1.807, 2.05) is 20.8 Å². The number of carbonyl (C=O) groups excluding carboxylic acids is 2. The van der Waals surface area contributed by atoms with Gasteiger partial charge in [-0.3, -0.25) is 4.79 Å². The molecular formula is C16H20O4. The molecule has 1 aromatic rings. The second-order valence-corrected chi connectivity index (χ2v) is 5.27. The Morgan fingerprint density at radius 2 is 1.55 bits per heavy atom. The third-order valence-corrected chi connectivity index (χ3v) is 3.03. The summed E-state index contributed by atoms with van der Waals surface area (Å²) in [6.07, 6.45) is 0.695. The van der Waals surface area contributed by atoms with Crippen molar-refractivity contribution in [2.75, 3.05) is 0 Å². The molecule has 4 nitrogen and oxygen atoms in total. The number of ether oxygens (including phenoxy) is 2. The zero-order valence-corrected chi connectivity index (χ0v) is 12.4. The van der Waals surface area contributed by atoms with Crippen molar-refractivity contribution in [3.8, 4) is 11.5 Å². The molecule has 0 amide bonds. The first-order chi connectivity index (χ1) is 9.26. The Morgan fingerprint density at radius 1 is 1.10 bits per heavy atom. The fraction of sp³-hybridized carbons (Fsp3) is 0.375. The molecule has 0 bridgehead atoms. The Bertz CT molecular complexity index is 512. The molecule has 0 saturated heterocycles. The van der Waals surface area contributed by atoms with Gasteiger partial charge in [-0.25, -0.2) is 4.79 Å². The number of hydrogen-bond acceptors (Lipinski definition) is 4. The van der Waals surface area contributed by atoms with E-state index in [1.54, 1.807) is 31.2 Å². The largest absolute Gasteiger partial charge is 0.426 e. The van der Waals surface area contributed by atoms with E-state index in [-0.39, 0.29) is 5.97 Å². The molecule has 0 aromatic heterocycles. The van der Waals surface area contributed by atoms with Crippen molar-refractivity contribution in [3.05, 3.63) is 36.4 Å². The van der Waals surface area contributed by atoms with Crippen LogP contribution in [0.15, 0.2) is 36.4 Å². The summed E-state index contributed by atoms with van der Waals surface area (Å²) in [5.41, 5.74) is -0.198. The first-order valence-electron chi connectivity index (χ1n) is 6.46. The number of esters is 2. The molecule has 108 valence electrons. The molecule has 0 spiro atoms. The topological polar surface area (TPSA) is 52.6 Å². The summed E-state index contributed by atoms with van der Waals surface area (Å²) in [4.78, 5) is 23.2. The average Bonchev–Trinajstić information content (AvgIpc) is 2.40. The summed E-state index contributed by atoms with van der Waals surface area (Å²) >= 11 is 0. The Kier molecular flexibility index (Phi) is 5.08. The van der Waals surface area contributed by atoms with E-state index in [4.69, 9.17) is 9.47 Å². The van der Waals surface area contributed by atoms with Crippen LogP contribution in [0.25, 0.3) is 0 Å². The van der Waals surface area contributed by atoms with Gasteiger partial charge < -0.3 is 9.47 Å². The maximum absolute atomic E-state index is 11.9. The highest BCUT2D eigenvalue weighted by Gasteiger charge is 2.27. The summed E-state index contributed by atoms with van der Waals surface area (Å²) in [6.45, 7) is 10.7. The van der Waals surface area contributed by atoms with Crippen LogP contribution in [0.3, 0.4) is 0 Å². The molecule has 0 fully saturated rings. The van der Waals surface area contributed by atoms with E-state index in [0.717, 1.165) is 0 Å². The zero-order valence-electron chi connectivity index (χ0n) is 12.4. The quantitative estimate of drug-likeness (QED) is 0.469. The minimum atomic E-state index is -0.523. The standard InChI is InChI=1S/C16H20O4/c1-6-16(4,5)15(18)20-13-9-7-12(8-10-13)19-14(17)11(2)3/h7-10H,2,6H2,1,3-5H3. The highest BCUT2D eigenvalue weighted by Crippen LogP contribution is 2.25. The molecule has 0 N–H and O–H groups in total. The normalized spacial score (nSPS) is 10.8. The molecule has 0 unspecified atom stereocenters. The first-order valence-corrected chi connectivity index (χ1v) is 6.46. The van der Waals surface area contributed by atoms with Gasteiger partial charge in [0.2, 0.25) is 0 Å². The van der Waals surface area contributed by atoms with Gasteiger partial charge in [0.25, 0.3) is 0 Å². The number of benzene rings is 1. The molecule has 0 aliphatic heterocycles. The molecule has 0 heterocycles. The van der Waals surface area contributed by atoms with Crippen molar-refractivity contribution in [2.24, 2.45) is 5.41 Å². The highest BCUT2D eigenvalue weighted by atomic mass is 16.5. The van der Waals surface area contributed by atoms with Crippen molar-refractivity contribution in [1.29, 1.82) is 0 Å². The van der Waals surface area contributed by atoms with Gasteiger partial charge >= 0.3 is 11.9 Å². The van der Waals surface area contributed by atoms with E-state index in [0.29, 0.717) is 23.5 Å². The number of rotatable bonds is 5. The second-order valence-electron chi connectivity index (χ2n) is 5.27. The lowest BCUT2D eigenvalue weighted by Crippen LogP contribution is -2.28. The summed E-state index contributed by atoms with van der Waals surface area (Å²) in [6, 6.07) is 6.32. The van der Waals surface area contributed by atoms with E-state index in [2.05, 4.69) is 6.58 Å². The molecule has 1 aromatic carbocycles. The van der Waals surface area contributed by atoms with Crippen LogP contribution in [-0.2, 0) is 9.59 Å². The molecule has 20 heavy (non-hydrogen) atoms. The molecule has 0 radical (unpaired) electrons. The molecule has 0 saturated carbocycles. The lowest BCUT2D eigenvalue weighted by Gasteiger charge is -2.20. The van der Waals surface area contributed by atoms with Crippen molar-refractivity contribution in [1.82, 2.24) is 0 Å². The predicted octanol–water partition coefficient (Wildman–Crippen LogP) is 3.51. The Balaban J connectivity index is 2.70. The Morgan fingerprint density at radius 3 is 1.95 bits per heavy atom. The molecule has 1 rings (SSSR count). The zero-order chi connectivity index (χ0) is 15.3. The van der Waals surface area contributed by atoms with Gasteiger partial charge in [0, 0.05) is 5.57 Å². The summed E-state index contributed by atoms with van der Waals surface area (Å²) in [5.74, 6) is 0.0349. The maximum atomic E-state index is 11.9. The molecular weight excluding hydrogens is 256 g/mol. The van der Waals surface area contributed by atoms with Crippen LogP contribution in [0.4, 0.5) is 0 Å². The van der Waals surface area contributed by atoms with E-state index < -0.39 is 11.4 Å². The van der Waals surface area contributed by atoms with Crippen molar-refractivity contribution >= 4 is 11.9 Å². The monoisotopic (exact) mass is 276 g/mol. The van der Waals surface area contributed by atoms with Crippen LogP contribution in [0.5, 0.6) is 11.5 Å². The van der Waals surface area contributed by atoms with Gasteiger partial charge in [0.1, 0.15) is 11.5 Å². The number of hydrogen-bond donors (Lipinski definition) is 0. The molecule has 0 aliphatic rings. The van der Waals surface area contributed by atoms with Gasteiger partial charge in [-0.05, 0) is 51.5 Å². The highest BCUT2D eigenvalue weighted by molar-refractivity contribution is 5.88.